The molecule has 0 aliphatic carbocycles. The van der Waals surface area contributed by atoms with Crippen molar-refractivity contribution in [3.8, 4) is 0 Å². The average Bonchev–Trinajstić information content (AvgIpc) is 2.10. The van der Waals surface area contributed by atoms with Crippen LogP contribution in [0.3, 0.4) is 0 Å². The van der Waals surface area contributed by atoms with Gasteiger partial charge in [-0.05, 0) is 18.1 Å². The van der Waals surface area contributed by atoms with Crippen LogP contribution in [0.25, 0.3) is 0 Å². The molecule has 1 aliphatic heterocycles. The van der Waals surface area contributed by atoms with E-state index in [-0.39, 0.29) is 17.9 Å². The second-order valence-electron chi connectivity index (χ2n) is 3.65. The molecule has 1 aliphatic rings. The Kier molecular flexibility index (Phi) is 4.06. The second kappa shape index (κ2) is 4.86. The van der Waals surface area contributed by atoms with E-state index < -0.39 is 0 Å². The van der Waals surface area contributed by atoms with Crippen molar-refractivity contribution in [3.05, 3.63) is 0 Å². The van der Waals surface area contributed by atoms with Crippen LogP contribution in [0.5, 0.6) is 0 Å². The molecule has 1 fully saturated rings. The predicted octanol–water partition coefficient (Wildman–Crippen LogP) is 0.536. The monoisotopic (exact) mass is 203 g/mol. The third kappa shape index (κ3) is 2.88. The van der Waals surface area contributed by atoms with Crippen LogP contribution in [0.15, 0.2) is 0 Å². The Bertz CT molecular complexity index is 186. The van der Waals surface area contributed by atoms with Gasteiger partial charge < -0.3 is 10.0 Å². The van der Waals surface area contributed by atoms with Crippen molar-refractivity contribution < 1.29 is 9.90 Å². The molecule has 2 unspecified atom stereocenters. The first-order valence-electron chi connectivity index (χ1n) is 4.72. The molecule has 1 saturated heterocycles. The van der Waals surface area contributed by atoms with Gasteiger partial charge >= 0.3 is 0 Å². The molecular formula is C9H17NO2S. The standard InChI is InChI=1S/C9H17NO2S/c1-7-6-10(4-2-8(7)11)9(12)3-5-13/h7-8,11,13H,2-6H2,1H3. The summed E-state index contributed by atoms with van der Waals surface area (Å²) in [6.07, 6.45) is 0.978. The van der Waals surface area contributed by atoms with Crippen LogP contribution < -0.4 is 0 Å². The van der Waals surface area contributed by atoms with E-state index in [1.165, 1.54) is 0 Å². The van der Waals surface area contributed by atoms with Crippen molar-refractivity contribution >= 4 is 18.5 Å². The van der Waals surface area contributed by atoms with E-state index >= 15 is 0 Å². The van der Waals surface area contributed by atoms with Crippen LogP contribution in [-0.2, 0) is 4.79 Å². The molecule has 0 aromatic heterocycles. The Morgan fingerprint density at radius 2 is 2.38 bits per heavy atom. The highest BCUT2D eigenvalue weighted by molar-refractivity contribution is 7.80. The van der Waals surface area contributed by atoms with Gasteiger partial charge in [0.1, 0.15) is 0 Å². The van der Waals surface area contributed by atoms with Gasteiger partial charge in [0.2, 0.25) is 5.91 Å². The largest absolute Gasteiger partial charge is 0.393 e. The molecule has 1 amide bonds. The quantitative estimate of drug-likeness (QED) is 0.643. The van der Waals surface area contributed by atoms with E-state index in [0.29, 0.717) is 31.7 Å². The minimum Gasteiger partial charge on any atom is -0.393 e. The highest BCUT2D eigenvalue weighted by atomic mass is 32.1. The summed E-state index contributed by atoms with van der Waals surface area (Å²) in [6, 6.07) is 0. The fourth-order valence-corrected chi connectivity index (χ4v) is 1.80. The smallest absolute Gasteiger partial charge is 0.223 e. The van der Waals surface area contributed by atoms with Gasteiger partial charge in [-0.3, -0.25) is 4.79 Å². The summed E-state index contributed by atoms with van der Waals surface area (Å²) in [4.78, 5) is 13.3. The molecule has 0 aromatic carbocycles. The number of hydrogen-bond acceptors (Lipinski definition) is 3. The van der Waals surface area contributed by atoms with Gasteiger partial charge in [0.15, 0.2) is 0 Å². The SMILES string of the molecule is CC1CN(C(=O)CCS)CCC1O. The maximum Gasteiger partial charge on any atom is 0.223 e. The zero-order chi connectivity index (χ0) is 9.84. The molecule has 0 saturated carbocycles. The van der Waals surface area contributed by atoms with Gasteiger partial charge in [-0.25, -0.2) is 0 Å². The first-order chi connectivity index (χ1) is 6.15. The number of hydrogen-bond donors (Lipinski definition) is 2. The van der Waals surface area contributed by atoms with Gasteiger partial charge in [0, 0.05) is 19.5 Å². The molecule has 1 heterocycles. The van der Waals surface area contributed by atoms with Crippen LogP contribution in [0, 0.1) is 5.92 Å². The maximum atomic E-state index is 11.4. The molecule has 1 N–H and O–H groups in total. The Hall–Kier alpha value is -0.220. The van der Waals surface area contributed by atoms with E-state index in [9.17, 15) is 9.90 Å². The van der Waals surface area contributed by atoms with Crippen LogP contribution >= 0.6 is 12.6 Å². The van der Waals surface area contributed by atoms with E-state index in [0.717, 1.165) is 0 Å². The molecule has 3 nitrogen and oxygen atoms in total. The third-order valence-corrected chi connectivity index (χ3v) is 2.76. The number of aliphatic hydroxyl groups excluding tert-OH is 1. The normalized spacial score (nSPS) is 29.0. The lowest BCUT2D eigenvalue weighted by Gasteiger charge is -2.34. The lowest BCUT2D eigenvalue weighted by molar-refractivity contribution is -0.134. The molecule has 0 radical (unpaired) electrons. The van der Waals surface area contributed by atoms with E-state index in [1.807, 2.05) is 11.8 Å². The summed E-state index contributed by atoms with van der Waals surface area (Å²) in [5.41, 5.74) is 0. The van der Waals surface area contributed by atoms with Gasteiger partial charge in [-0.15, -0.1) is 0 Å². The first-order valence-corrected chi connectivity index (χ1v) is 5.35. The summed E-state index contributed by atoms with van der Waals surface area (Å²) in [7, 11) is 0. The second-order valence-corrected chi connectivity index (χ2v) is 4.09. The fraction of sp³-hybridized carbons (Fsp3) is 0.889. The van der Waals surface area contributed by atoms with Crippen molar-refractivity contribution in [1.82, 2.24) is 4.90 Å². The van der Waals surface area contributed by atoms with Gasteiger partial charge in [-0.2, -0.15) is 12.6 Å². The average molecular weight is 203 g/mol. The predicted molar refractivity (Wildman–Crippen MR) is 54.8 cm³/mol. The van der Waals surface area contributed by atoms with Gasteiger partial charge in [0.25, 0.3) is 0 Å². The van der Waals surface area contributed by atoms with Crippen LogP contribution in [0.1, 0.15) is 19.8 Å². The molecule has 0 bridgehead atoms. The Balaban J connectivity index is 2.40. The van der Waals surface area contributed by atoms with Gasteiger partial charge in [-0.1, -0.05) is 6.92 Å². The third-order valence-electron chi connectivity index (χ3n) is 2.54. The molecule has 4 heteroatoms. The van der Waals surface area contributed by atoms with Crippen LogP contribution in [0.4, 0.5) is 0 Å². The Morgan fingerprint density at radius 3 is 2.92 bits per heavy atom. The summed E-state index contributed by atoms with van der Waals surface area (Å²) < 4.78 is 0. The van der Waals surface area contributed by atoms with Crippen molar-refractivity contribution in [2.75, 3.05) is 18.8 Å². The van der Waals surface area contributed by atoms with E-state index in [1.54, 1.807) is 0 Å². The number of rotatable bonds is 2. The molecule has 13 heavy (non-hydrogen) atoms. The summed E-state index contributed by atoms with van der Waals surface area (Å²) in [5, 5.41) is 9.45. The number of carbonyl (C=O) groups excluding carboxylic acids is 1. The molecule has 0 aromatic rings. The highest BCUT2D eigenvalue weighted by Crippen LogP contribution is 2.17. The van der Waals surface area contributed by atoms with Crippen molar-refractivity contribution in [3.63, 3.8) is 0 Å². The molecular weight excluding hydrogens is 186 g/mol. The lowest BCUT2D eigenvalue weighted by Crippen LogP contribution is -2.45. The van der Waals surface area contributed by atoms with Crippen LogP contribution in [0.2, 0.25) is 0 Å². The number of likely N-dealkylation sites (tertiary alicyclic amines) is 1. The topological polar surface area (TPSA) is 40.5 Å². The summed E-state index contributed by atoms with van der Waals surface area (Å²) in [5.74, 6) is 0.970. The number of carbonyl (C=O) groups is 1. The lowest BCUT2D eigenvalue weighted by atomic mass is 9.96. The zero-order valence-electron chi connectivity index (χ0n) is 7.94. The number of aliphatic hydroxyl groups is 1. The van der Waals surface area contributed by atoms with Gasteiger partial charge in [0.05, 0.1) is 6.10 Å². The van der Waals surface area contributed by atoms with E-state index in [2.05, 4.69) is 12.6 Å². The number of thiol groups is 1. The van der Waals surface area contributed by atoms with E-state index in [4.69, 9.17) is 0 Å². The number of piperidine rings is 1. The summed E-state index contributed by atoms with van der Waals surface area (Å²) >= 11 is 4.02. The summed E-state index contributed by atoms with van der Waals surface area (Å²) in [6.45, 7) is 3.36. The minimum atomic E-state index is -0.236. The van der Waals surface area contributed by atoms with Crippen molar-refractivity contribution in [2.24, 2.45) is 5.92 Å². The Labute approximate surface area is 84.5 Å². The zero-order valence-corrected chi connectivity index (χ0v) is 8.83. The first kappa shape index (κ1) is 10.9. The molecule has 1 rings (SSSR count). The maximum absolute atomic E-state index is 11.4. The number of nitrogens with zero attached hydrogens (tertiary/aromatic N) is 1. The van der Waals surface area contributed by atoms with Crippen LogP contribution in [-0.4, -0.2) is 40.9 Å². The minimum absolute atomic E-state index is 0.161. The number of amides is 1. The van der Waals surface area contributed by atoms with Crippen molar-refractivity contribution in [2.45, 2.75) is 25.9 Å². The van der Waals surface area contributed by atoms with Crippen molar-refractivity contribution in [1.29, 1.82) is 0 Å². The highest BCUT2D eigenvalue weighted by Gasteiger charge is 2.26. The molecule has 2 atom stereocenters. The fourth-order valence-electron chi connectivity index (χ4n) is 1.61. The molecule has 76 valence electrons. The Morgan fingerprint density at radius 1 is 1.69 bits per heavy atom. The molecule has 0 spiro atoms.